The van der Waals surface area contributed by atoms with Crippen molar-refractivity contribution in [3.8, 4) is 0 Å². The fourth-order valence-electron chi connectivity index (χ4n) is 4.33. The highest BCUT2D eigenvalue weighted by Crippen LogP contribution is 2.38. The quantitative estimate of drug-likeness (QED) is 0.884. The van der Waals surface area contributed by atoms with E-state index >= 15 is 0 Å². The molecule has 0 saturated heterocycles. The third-order valence-corrected chi connectivity index (χ3v) is 5.59. The lowest BCUT2D eigenvalue weighted by Gasteiger charge is -2.30. The molecule has 2 aliphatic heterocycles. The van der Waals surface area contributed by atoms with Gasteiger partial charge in [-0.15, -0.1) is 0 Å². The van der Waals surface area contributed by atoms with Gasteiger partial charge in [-0.2, -0.15) is 0 Å². The molecule has 4 rings (SSSR count). The van der Waals surface area contributed by atoms with Crippen LogP contribution in [0.15, 0.2) is 18.5 Å². The summed E-state index contributed by atoms with van der Waals surface area (Å²) < 4.78 is 0. The van der Waals surface area contributed by atoms with Crippen LogP contribution in [-0.2, 0) is 22.6 Å². The van der Waals surface area contributed by atoms with Crippen molar-refractivity contribution < 1.29 is 9.59 Å². The standard InChI is InChI=1S/C21H25N5O2/c1-12-7-13(2)19-15(21(28)24-16(19)8-12)9-18(27)26-6-5-14-17(10-26)22-11-23-20(14)25(3)4/h7-8,11,15H,5-6,9-10H2,1-4H3,(H,24,28)/t15-/m0/s1. The smallest absolute Gasteiger partial charge is 0.232 e. The maximum atomic E-state index is 13.0. The highest BCUT2D eigenvalue weighted by Gasteiger charge is 2.35. The van der Waals surface area contributed by atoms with E-state index in [1.165, 1.54) is 0 Å². The predicted octanol–water partition coefficient (Wildman–Crippen LogP) is 2.17. The summed E-state index contributed by atoms with van der Waals surface area (Å²) in [6.07, 6.45) is 2.46. The lowest BCUT2D eigenvalue weighted by atomic mass is 9.91. The van der Waals surface area contributed by atoms with Crippen molar-refractivity contribution in [2.45, 2.75) is 39.2 Å². The van der Waals surface area contributed by atoms with Gasteiger partial charge in [-0.3, -0.25) is 9.59 Å². The molecule has 0 bridgehead atoms. The van der Waals surface area contributed by atoms with Crippen LogP contribution >= 0.6 is 0 Å². The van der Waals surface area contributed by atoms with E-state index in [0.717, 1.165) is 45.9 Å². The first-order valence-corrected chi connectivity index (χ1v) is 9.55. The van der Waals surface area contributed by atoms with Crippen molar-refractivity contribution >= 4 is 23.3 Å². The molecular weight excluding hydrogens is 354 g/mol. The Kier molecular flexibility index (Phi) is 4.53. The number of benzene rings is 1. The molecule has 2 aromatic rings. The molecule has 1 atom stereocenters. The van der Waals surface area contributed by atoms with Crippen LogP contribution in [0.1, 0.15) is 40.3 Å². The molecule has 1 aromatic heterocycles. The van der Waals surface area contributed by atoms with Crippen LogP contribution in [0.2, 0.25) is 0 Å². The first kappa shape index (κ1) is 18.4. The summed E-state index contributed by atoms with van der Waals surface area (Å²) in [5, 5.41) is 2.94. The Balaban J connectivity index is 1.53. The molecule has 0 spiro atoms. The maximum Gasteiger partial charge on any atom is 0.232 e. The van der Waals surface area contributed by atoms with Gasteiger partial charge in [-0.05, 0) is 43.0 Å². The molecule has 1 N–H and O–H groups in total. The number of nitrogens with zero attached hydrogens (tertiary/aromatic N) is 4. The third-order valence-electron chi connectivity index (χ3n) is 5.59. The van der Waals surface area contributed by atoms with Gasteiger partial charge in [-0.25, -0.2) is 9.97 Å². The minimum Gasteiger partial charge on any atom is -0.362 e. The number of fused-ring (bicyclic) bond motifs is 2. The zero-order chi connectivity index (χ0) is 20.0. The molecule has 0 saturated carbocycles. The summed E-state index contributed by atoms with van der Waals surface area (Å²) in [5.41, 5.74) is 5.95. The number of aromatic nitrogens is 2. The molecule has 3 heterocycles. The first-order valence-electron chi connectivity index (χ1n) is 9.55. The zero-order valence-corrected chi connectivity index (χ0v) is 16.7. The molecule has 28 heavy (non-hydrogen) atoms. The fourth-order valence-corrected chi connectivity index (χ4v) is 4.33. The SMILES string of the molecule is Cc1cc(C)c2c(c1)NC(=O)[C@H]2CC(=O)N1CCc2c(ncnc2N(C)C)C1. The number of hydrogen-bond acceptors (Lipinski definition) is 5. The van der Waals surface area contributed by atoms with E-state index in [0.29, 0.717) is 13.1 Å². The molecule has 7 nitrogen and oxygen atoms in total. The summed E-state index contributed by atoms with van der Waals surface area (Å²) in [7, 11) is 3.92. The van der Waals surface area contributed by atoms with Crippen LogP contribution in [0.3, 0.4) is 0 Å². The first-order chi connectivity index (χ1) is 13.3. The molecule has 7 heteroatoms. The fraction of sp³-hybridized carbons (Fsp3) is 0.429. The van der Waals surface area contributed by atoms with Crippen molar-refractivity contribution in [1.29, 1.82) is 0 Å². The highest BCUT2D eigenvalue weighted by atomic mass is 16.2. The highest BCUT2D eigenvalue weighted by molar-refractivity contribution is 6.05. The second-order valence-electron chi connectivity index (χ2n) is 7.87. The molecule has 1 aromatic carbocycles. The van der Waals surface area contributed by atoms with Gasteiger partial charge >= 0.3 is 0 Å². The molecule has 0 aliphatic carbocycles. The predicted molar refractivity (Wildman–Crippen MR) is 107 cm³/mol. The summed E-state index contributed by atoms with van der Waals surface area (Å²) >= 11 is 0. The second-order valence-corrected chi connectivity index (χ2v) is 7.87. The Hall–Kier alpha value is -2.96. The lowest BCUT2D eigenvalue weighted by molar-refractivity contribution is -0.134. The normalized spacial score (nSPS) is 17.8. The molecule has 2 aliphatic rings. The molecule has 0 fully saturated rings. The van der Waals surface area contributed by atoms with E-state index in [2.05, 4.69) is 21.4 Å². The zero-order valence-electron chi connectivity index (χ0n) is 16.7. The molecule has 2 amide bonds. The minimum atomic E-state index is -0.424. The Labute approximate surface area is 164 Å². The Morgan fingerprint density at radius 3 is 2.82 bits per heavy atom. The van der Waals surface area contributed by atoms with Crippen molar-refractivity contribution in [3.63, 3.8) is 0 Å². The van der Waals surface area contributed by atoms with Crippen LogP contribution < -0.4 is 10.2 Å². The van der Waals surface area contributed by atoms with Gasteiger partial charge < -0.3 is 15.1 Å². The number of hydrogen-bond donors (Lipinski definition) is 1. The third kappa shape index (κ3) is 3.10. The Bertz CT molecular complexity index is 970. The topological polar surface area (TPSA) is 78.4 Å². The summed E-state index contributed by atoms with van der Waals surface area (Å²) in [4.78, 5) is 38.1. The van der Waals surface area contributed by atoms with Crippen molar-refractivity contribution in [1.82, 2.24) is 14.9 Å². The number of rotatable bonds is 3. The van der Waals surface area contributed by atoms with Crippen LogP contribution in [0.4, 0.5) is 11.5 Å². The molecule has 0 radical (unpaired) electrons. The molecule has 146 valence electrons. The lowest BCUT2D eigenvalue weighted by Crippen LogP contribution is -2.38. The summed E-state index contributed by atoms with van der Waals surface area (Å²) in [5.74, 6) is 0.384. The summed E-state index contributed by atoms with van der Waals surface area (Å²) in [6, 6.07) is 4.04. The van der Waals surface area contributed by atoms with Gasteiger partial charge in [0.1, 0.15) is 12.1 Å². The number of nitrogens with one attached hydrogen (secondary N) is 1. The van der Waals surface area contributed by atoms with E-state index in [1.54, 1.807) is 6.33 Å². The number of anilines is 2. The number of amides is 2. The van der Waals surface area contributed by atoms with Crippen LogP contribution in [0.5, 0.6) is 0 Å². The van der Waals surface area contributed by atoms with Gasteiger partial charge in [0, 0.05) is 38.3 Å². The van der Waals surface area contributed by atoms with Crippen molar-refractivity contribution in [2.75, 3.05) is 30.9 Å². The van der Waals surface area contributed by atoms with Gasteiger partial charge in [0.25, 0.3) is 0 Å². The van der Waals surface area contributed by atoms with Crippen LogP contribution in [0.25, 0.3) is 0 Å². The maximum absolute atomic E-state index is 13.0. The van der Waals surface area contributed by atoms with E-state index < -0.39 is 5.92 Å². The van der Waals surface area contributed by atoms with E-state index in [9.17, 15) is 9.59 Å². The van der Waals surface area contributed by atoms with E-state index in [4.69, 9.17) is 0 Å². The average Bonchev–Trinajstić information content (AvgIpc) is 2.95. The largest absolute Gasteiger partial charge is 0.362 e. The monoisotopic (exact) mass is 379 g/mol. The van der Waals surface area contributed by atoms with Gasteiger partial charge in [-0.1, -0.05) is 6.07 Å². The van der Waals surface area contributed by atoms with Crippen LogP contribution in [-0.4, -0.2) is 47.3 Å². The van der Waals surface area contributed by atoms with Gasteiger partial charge in [0.15, 0.2) is 0 Å². The number of carbonyl (C=O) groups is 2. The minimum absolute atomic E-state index is 0.0105. The Morgan fingerprint density at radius 1 is 1.29 bits per heavy atom. The Morgan fingerprint density at radius 2 is 2.07 bits per heavy atom. The van der Waals surface area contributed by atoms with Crippen molar-refractivity contribution in [2.24, 2.45) is 0 Å². The average molecular weight is 379 g/mol. The second kappa shape index (κ2) is 6.89. The van der Waals surface area contributed by atoms with Gasteiger partial charge in [0.2, 0.25) is 11.8 Å². The van der Waals surface area contributed by atoms with Crippen LogP contribution in [0, 0.1) is 13.8 Å². The van der Waals surface area contributed by atoms with Gasteiger partial charge in [0.05, 0.1) is 18.2 Å². The van der Waals surface area contributed by atoms with Crippen molar-refractivity contribution in [3.05, 3.63) is 46.4 Å². The number of aryl methyl sites for hydroxylation is 2. The van der Waals surface area contributed by atoms with E-state index in [1.807, 2.05) is 43.8 Å². The number of carbonyl (C=O) groups excluding carboxylic acids is 2. The summed E-state index contributed by atoms with van der Waals surface area (Å²) in [6.45, 7) is 5.09. The molecular formula is C21H25N5O2. The molecule has 0 unspecified atom stereocenters. The van der Waals surface area contributed by atoms with E-state index in [-0.39, 0.29) is 18.2 Å².